The first-order valence-corrected chi connectivity index (χ1v) is 11.7. The van der Waals surface area contributed by atoms with Crippen LogP contribution in [0, 0.1) is 6.92 Å². The van der Waals surface area contributed by atoms with Crippen molar-refractivity contribution >= 4 is 62.2 Å². The van der Waals surface area contributed by atoms with Crippen molar-refractivity contribution in [2.45, 2.75) is 17.9 Å². The number of fused-ring (bicyclic) bond motifs is 1. The van der Waals surface area contributed by atoms with Gasteiger partial charge in [0, 0.05) is 31.9 Å². The predicted octanol–water partition coefficient (Wildman–Crippen LogP) is 5.98. The van der Waals surface area contributed by atoms with Gasteiger partial charge in [-0.2, -0.15) is 0 Å². The molecule has 3 aromatic carbocycles. The summed E-state index contributed by atoms with van der Waals surface area (Å²) >= 11 is 18.6. The van der Waals surface area contributed by atoms with E-state index in [0.717, 1.165) is 0 Å². The first-order valence-electron chi connectivity index (χ1n) is 9.10. The number of urea groups is 1. The number of amides is 2. The normalized spacial score (nSPS) is 15.6. The van der Waals surface area contributed by atoms with Crippen molar-refractivity contribution in [1.82, 2.24) is 5.32 Å². The van der Waals surface area contributed by atoms with Crippen LogP contribution in [0.1, 0.15) is 22.7 Å². The third kappa shape index (κ3) is 4.32. The minimum atomic E-state index is -3.96. The summed E-state index contributed by atoms with van der Waals surface area (Å²) in [6.07, 6.45) is 0. The number of hydrogen-bond acceptors (Lipinski definition) is 3. The zero-order chi connectivity index (χ0) is 22.3. The molecule has 0 aliphatic carbocycles. The molecule has 4 rings (SSSR count). The molecular weight excluding hydrogens is 481 g/mol. The highest BCUT2D eigenvalue weighted by Gasteiger charge is 2.30. The number of carbonyl (C=O) groups is 1. The number of aryl methyl sites for hydroxylation is 1. The summed E-state index contributed by atoms with van der Waals surface area (Å²) in [5.41, 5.74) is 2.50. The molecule has 0 saturated carbocycles. The van der Waals surface area contributed by atoms with Crippen LogP contribution >= 0.6 is 34.8 Å². The number of halogens is 3. The van der Waals surface area contributed by atoms with Crippen LogP contribution in [0.15, 0.2) is 59.5 Å². The van der Waals surface area contributed by atoms with Gasteiger partial charge in [0.1, 0.15) is 0 Å². The van der Waals surface area contributed by atoms with Crippen LogP contribution in [-0.2, 0) is 10.0 Å². The van der Waals surface area contributed by atoms with Crippen LogP contribution in [0.25, 0.3) is 0 Å². The molecule has 0 aromatic heterocycles. The van der Waals surface area contributed by atoms with Gasteiger partial charge in [-0.05, 0) is 55.0 Å². The maximum atomic E-state index is 13.1. The molecular formula is C21H16Cl3N3O3S. The van der Waals surface area contributed by atoms with E-state index in [1.807, 2.05) is 0 Å². The molecule has 1 heterocycles. The summed E-state index contributed by atoms with van der Waals surface area (Å²) in [5.74, 6) is 0. The van der Waals surface area contributed by atoms with Gasteiger partial charge in [0.2, 0.25) is 0 Å². The molecule has 1 atom stereocenters. The maximum absolute atomic E-state index is 13.1. The van der Waals surface area contributed by atoms with Gasteiger partial charge in [-0.15, -0.1) is 0 Å². The lowest BCUT2D eigenvalue weighted by Gasteiger charge is -2.30. The number of benzene rings is 3. The second kappa shape index (κ2) is 8.24. The molecule has 3 aromatic rings. The Labute approximate surface area is 194 Å². The lowest BCUT2D eigenvalue weighted by atomic mass is 9.94. The van der Waals surface area contributed by atoms with E-state index in [4.69, 9.17) is 34.8 Å². The third-order valence-electron chi connectivity index (χ3n) is 4.88. The first-order chi connectivity index (χ1) is 14.7. The monoisotopic (exact) mass is 495 g/mol. The van der Waals surface area contributed by atoms with Gasteiger partial charge in [0.25, 0.3) is 10.0 Å². The van der Waals surface area contributed by atoms with Crippen LogP contribution < -0.4 is 15.4 Å². The zero-order valence-electron chi connectivity index (χ0n) is 16.0. The fraction of sp³-hybridized carbons (Fsp3) is 0.0952. The van der Waals surface area contributed by atoms with Crippen LogP contribution in [0.3, 0.4) is 0 Å². The minimum Gasteiger partial charge on any atom is -0.327 e. The topological polar surface area (TPSA) is 87.3 Å². The molecule has 1 unspecified atom stereocenters. The molecule has 160 valence electrons. The fourth-order valence-corrected chi connectivity index (χ4v) is 5.13. The molecule has 6 nitrogen and oxygen atoms in total. The second-order valence-electron chi connectivity index (χ2n) is 6.98. The van der Waals surface area contributed by atoms with E-state index in [-0.39, 0.29) is 10.6 Å². The van der Waals surface area contributed by atoms with E-state index in [1.54, 1.807) is 37.3 Å². The Morgan fingerprint density at radius 2 is 1.74 bits per heavy atom. The predicted molar refractivity (Wildman–Crippen MR) is 124 cm³/mol. The third-order valence-corrected chi connectivity index (χ3v) is 7.23. The molecule has 0 bridgehead atoms. The molecule has 0 saturated heterocycles. The zero-order valence-corrected chi connectivity index (χ0v) is 19.1. The summed E-state index contributed by atoms with van der Waals surface area (Å²) in [6, 6.07) is 13.2. The van der Waals surface area contributed by atoms with E-state index in [2.05, 4.69) is 15.4 Å². The van der Waals surface area contributed by atoms with E-state index in [9.17, 15) is 13.2 Å². The van der Waals surface area contributed by atoms with Gasteiger partial charge in [-0.1, -0.05) is 46.9 Å². The molecule has 2 amide bonds. The number of nitrogens with one attached hydrogen (secondary N) is 3. The van der Waals surface area contributed by atoms with E-state index in [0.29, 0.717) is 37.4 Å². The average molecular weight is 497 g/mol. The molecule has 10 heteroatoms. The Kier molecular flexibility index (Phi) is 5.79. The lowest BCUT2D eigenvalue weighted by Crippen LogP contribution is -2.38. The van der Waals surface area contributed by atoms with Crippen LogP contribution in [-0.4, -0.2) is 14.4 Å². The second-order valence-corrected chi connectivity index (χ2v) is 9.91. The summed E-state index contributed by atoms with van der Waals surface area (Å²) in [7, 11) is -3.96. The van der Waals surface area contributed by atoms with Gasteiger partial charge in [0.15, 0.2) is 0 Å². The highest BCUT2D eigenvalue weighted by molar-refractivity contribution is 7.92. The molecule has 3 N–H and O–H groups in total. The van der Waals surface area contributed by atoms with Crippen molar-refractivity contribution in [3.63, 3.8) is 0 Å². The van der Waals surface area contributed by atoms with Crippen LogP contribution in [0.5, 0.6) is 0 Å². The number of hydrogen-bond donors (Lipinski definition) is 3. The van der Waals surface area contributed by atoms with Gasteiger partial charge in [-0.25, -0.2) is 13.2 Å². The van der Waals surface area contributed by atoms with Gasteiger partial charge in [0.05, 0.1) is 16.6 Å². The van der Waals surface area contributed by atoms with Crippen molar-refractivity contribution in [2.75, 3.05) is 10.0 Å². The number of carbonyl (C=O) groups excluding carboxylic acids is 1. The Morgan fingerprint density at radius 3 is 2.48 bits per heavy atom. The lowest BCUT2D eigenvalue weighted by molar-refractivity contribution is 0.249. The Hall–Kier alpha value is -2.45. The molecule has 0 radical (unpaired) electrons. The summed E-state index contributed by atoms with van der Waals surface area (Å²) in [6.45, 7) is 1.72. The quantitative estimate of drug-likeness (QED) is 0.415. The molecule has 31 heavy (non-hydrogen) atoms. The Balaban J connectivity index is 1.81. The molecule has 0 fully saturated rings. The van der Waals surface area contributed by atoms with Gasteiger partial charge in [-0.3, -0.25) is 4.72 Å². The van der Waals surface area contributed by atoms with Crippen LogP contribution in [0.2, 0.25) is 15.1 Å². The summed E-state index contributed by atoms with van der Waals surface area (Å²) in [4.78, 5) is 12.3. The molecule has 1 aliphatic heterocycles. The van der Waals surface area contributed by atoms with Crippen molar-refractivity contribution in [3.05, 3.63) is 86.4 Å². The average Bonchev–Trinajstić information content (AvgIpc) is 2.69. The van der Waals surface area contributed by atoms with E-state index < -0.39 is 22.1 Å². The number of rotatable bonds is 4. The highest BCUT2D eigenvalue weighted by atomic mass is 35.5. The smallest absolute Gasteiger partial charge is 0.320 e. The Bertz CT molecular complexity index is 1310. The summed E-state index contributed by atoms with van der Waals surface area (Å²) in [5, 5.41) is 6.72. The molecule has 0 spiro atoms. The maximum Gasteiger partial charge on any atom is 0.320 e. The van der Waals surface area contributed by atoms with Crippen molar-refractivity contribution in [2.24, 2.45) is 0 Å². The van der Waals surface area contributed by atoms with Gasteiger partial charge >= 0.3 is 6.03 Å². The van der Waals surface area contributed by atoms with E-state index >= 15 is 0 Å². The van der Waals surface area contributed by atoms with Crippen molar-refractivity contribution in [3.8, 4) is 0 Å². The molecule has 1 aliphatic rings. The fourth-order valence-electron chi connectivity index (χ4n) is 3.39. The van der Waals surface area contributed by atoms with Crippen LogP contribution in [0.4, 0.5) is 16.2 Å². The minimum absolute atomic E-state index is 0.0492. The number of sulfonamides is 1. The highest BCUT2D eigenvalue weighted by Crippen LogP contribution is 2.40. The van der Waals surface area contributed by atoms with Crippen molar-refractivity contribution in [1.29, 1.82) is 0 Å². The SMILES string of the molecule is Cc1cc(S(=O)(=O)Nc2cc(Cl)ccc2C2NC(=O)Nc3cccc(Cl)c32)ccc1Cl. The largest absolute Gasteiger partial charge is 0.327 e. The van der Waals surface area contributed by atoms with Gasteiger partial charge < -0.3 is 10.6 Å². The Morgan fingerprint density at radius 1 is 0.968 bits per heavy atom. The standard InChI is InChI=1S/C21H16Cl3N3O3S/c1-11-9-13(6-8-15(11)23)31(29,30)27-18-10-12(22)5-7-14(18)20-19-16(24)3-2-4-17(19)25-21(28)26-20/h2-10,20,27H,1H3,(H2,25,26,28). The first kappa shape index (κ1) is 21.8. The summed E-state index contributed by atoms with van der Waals surface area (Å²) < 4.78 is 28.7. The van der Waals surface area contributed by atoms with E-state index in [1.165, 1.54) is 24.3 Å². The number of anilines is 2. The van der Waals surface area contributed by atoms with Crippen molar-refractivity contribution < 1.29 is 13.2 Å².